The monoisotopic (exact) mass is 374 g/mol. The van der Waals surface area contributed by atoms with Gasteiger partial charge in [0.25, 0.3) is 0 Å². The number of phenols is 1. The van der Waals surface area contributed by atoms with Gasteiger partial charge < -0.3 is 9.84 Å². The fourth-order valence-electron chi connectivity index (χ4n) is 4.07. The number of phenolic OH excluding ortho intramolecular Hbond substituents is 1. The van der Waals surface area contributed by atoms with Crippen molar-refractivity contribution >= 4 is 17.0 Å². The van der Waals surface area contributed by atoms with Crippen molar-refractivity contribution in [2.24, 2.45) is 4.99 Å². The highest BCUT2D eigenvalue weighted by atomic mass is 16.5. The summed E-state index contributed by atoms with van der Waals surface area (Å²) < 4.78 is 5.61. The first-order chi connectivity index (χ1) is 13.8. The summed E-state index contributed by atoms with van der Waals surface area (Å²) in [7, 11) is 1.72. The SMILES string of the molecule is COc1ccccc1[C@H](CN=Cc1c(O)ccc2ccccc12)N1CCCC1. The van der Waals surface area contributed by atoms with Crippen molar-refractivity contribution in [1.82, 2.24) is 4.90 Å². The Morgan fingerprint density at radius 2 is 1.79 bits per heavy atom. The van der Waals surface area contributed by atoms with Crippen LogP contribution in [0.3, 0.4) is 0 Å². The second-order valence-corrected chi connectivity index (χ2v) is 7.21. The summed E-state index contributed by atoms with van der Waals surface area (Å²) in [5.41, 5.74) is 1.95. The molecule has 0 aromatic heterocycles. The molecule has 0 unspecified atom stereocenters. The van der Waals surface area contributed by atoms with Gasteiger partial charge in [0.1, 0.15) is 11.5 Å². The van der Waals surface area contributed by atoms with Crippen molar-refractivity contribution < 1.29 is 9.84 Å². The summed E-state index contributed by atoms with van der Waals surface area (Å²) in [6.07, 6.45) is 4.26. The lowest BCUT2D eigenvalue weighted by Gasteiger charge is -2.27. The van der Waals surface area contributed by atoms with Crippen molar-refractivity contribution in [2.75, 3.05) is 26.7 Å². The molecule has 0 aliphatic carbocycles. The highest BCUT2D eigenvalue weighted by Gasteiger charge is 2.25. The average molecular weight is 374 g/mol. The Kier molecular flexibility index (Phi) is 5.58. The molecule has 0 radical (unpaired) electrons. The first-order valence-electron chi connectivity index (χ1n) is 9.85. The van der Waals surface area contributed by atoms with E-state index in [0.717, 1.165) is 35.2 Å². The van der Waals surface area contributed by atoms with Crippen LogP contribution in [0.25, 0.3) is 10.8 Å². The number of ether oxygens (including phenoxy) is 1. The zero-order valence-electron chi connectivity index (χ0n) is 16.2. The number of benzene rings is 3. The zero-order valence-corrected chi connectivity index (χ0v) is 16.2. The highest BCUT2D eigenvalue weighted by molar-refractivity contribution is 6.02. The van der Waals surface area contributed by atoms with Crippen LogP contribution in [0.4, 0.5) is 0 Å². The second-order valence-electron chi connectivity index (χ2n) is 7.21. The Labute approximate surface area is 166 Å². The maximum Gasteiger partial charge on any atom is 0.124 e. The predicted octanol–water partition coefficient (Wildman–Crippen LogP) is 4.81. The first-order valence-corrected chi connectivity index (χ1v) is 9.85. The number of hydrogen-bond acceptors (Lipinski definition) is 4. The molecular weight excluding hydrogens is 348 g/mol. The van der Waals surface area contributed by atoms with Gasteiger partial charge in [-0.15, -0.1) is 0 Å². The number of rotatable bonds is 6. The molecule has 3 aromatic carbocycles. The number of hydrogen-bond donors (Lipinski definition) is 1. The molecule has 0 amide bonds. The molecule has 1 saturated heterocycles. The standard InChI is InChI=1S/C24H26N2O2/c1-28-24-11-5-4-10-20(24)22(26-14-6-7-15-26)17-25-16-21-19-9-3-2-8-18(19)12-13-23(21)27/h2-5,8-13,16,22,27H,6-7,14-15,17H2,1H3/t22-/m0/s1. The number of aromatic hydroxyl groups is 1. The number of para-hydroxylation sites is 1. The minimum absolute atomic E-state index is 0.173. The smallest absolute Gasteiger partial charge is 0.124 e. The van der Waals surface area contributed by atoms with Gasteiger partial charge in [0.2, 0.25) is 0 Å². The van der Waals surface area contributed by atoms with Crippen molar-refractivity contribution in [2.45, 2.75) is 18.9 Å². The van der Waals surface area contributed by atoms with Crippen molar-refractivity contribution in [3.63, 3.8) is 0 Å². The predicted molar refractivity (Wildman–Crippen MR) is 115 cm³/mol. The van der Waals surface area contributed by atoms with Crippen LogP contribution in [0.2, 0.25) is 0 Å². The number of likely N-dealkylation sites (tertiary alicyclic amines) is 1. The summed E-state index contributed by atoms with van der Waals surface area (Å²) in [5, 5.41) is 12.5. The summed E-state index contributed by atoms with van der Waals surface area (Å²) >= 11 is 0. The van der Waals surface area contributed by atoms with Crippen LogP contribution in [-0.4, -0.2) is 43.0 Å². The zero-order chi connectivity index (χ0) is 19.3. The highest BCUT2D eigenvalue weighted by Crippen LogP contribution is 2.32. The molecule has 28 heavy (non-hydrogen) atoms. The third-order valence-electron chi connectivity index (χ3n) is 5.53. The molecule has 1 heterocycles. The summed E-state index contributed by atoms with van der Waals surface area (Å²) in [6, 6.07) is 20.1. The van der Waals surface area contributed by atoms with Crippen molar-refractivity contribution in [3.8, 4) is 11.5 Å². The molecule has 1 fully saturated rings. The number of fused-ring (bicyclic) bond motifs is 1. The fraction of sp³-hybridized carbons (Fsp3) is 0.292. The molecule has 0 spiro atoms. The molecule has 3 aromatic rings. The van der Waals surface area contributed by atoms with Crippen LogP contribution in [0.15, 0.2) is 65.7 Å². The average Bonchev–Trinajstić information content (AvgIpc) is 3.27. The van der Waals surface area contributed by atoms with Crippen LogP contribution in [0, 0.1) is 0 Å². The molecule has 1 aliphatic rings. The molecule has 4 heteroatoms. The van der Waals surface area contributed by atoms with E-state index >= 15 is 0 Å². The van der Waals surface area contributed by atoms with E-state index in [-0.39, 0.29) is 11.8 Å². The van der Waals surface area contributed by atoms with Crippen molar-refractivity contribution in [3.05, 3.63) is 71.8 Å². The minimum Gasteiger partial charge on any atom is -0.507 e. The lowest BCUT2D eigenvalue weighted by atomic mass is 10.0. The van der Waals surface area contributed by atoms with Gasteiger partial charge in [-0.1, -0.05) is 48.5 Å². The largest absolute Gasteiger partial charge is 0.507 e. The van der Waals surface area contributed by atoms with Gasteiger partial charge in [0.15, 0.2) is 0 Å². The van der Waals surface area contributed by atoms with E-state index in [1.54, 1.807) is 13.2 Å². The topological polar surface area (TPSA) is 45.1 Å². The van der Waals surface area contributed by atoms with Crippen LogP contribution >= 0.6 is 0 Å². The number of nitrogens with zero attached hydrogens (tertiary/aromatic N) is 2. The molecule has 1 aliphatic heterocycles. The Balaban J connectivity index is 1.64. The Morgan fingerprint density at radius 3 is 2.61 bits per heavy atom. The third kappa shape index (κ3) is 3.73. The van der Waals surface area contributed by atoms with E-state index in [4.69, 9.17) is 9.73 Å². The summed E-state index contributed by atoms with van der Waals surface area (Å²) in [4.78, 5) is 7.25. The number of methoxy groups -OCH3 is 1. The Bertz CT molecular complexity index is 977. The summed E-state index contributed by atoms with van der Waals surface area (Å²) in [5.74, 6) is 1.17. The second kappa shape index (κ2) is 8.44. The van der Waals surface area contributed by atoms with Crippen LogP contribution in [0.1, 0.15) is 30.0 Å². The Hall–Kier alpha value is -2.85. The first kappa shape index (κ1) is 18.5. The maximum absolute atomic E-state index is 10.4. The van der Waals surface area contributed by atoms with E-state index in [9.17, 15) is 5.11 Å². The summed E-state index contributed by atoms with van der Waals surface area (Å²) in [6.45, 7) is 2.79. The molecule has 1 atom stereocenters. The van der Waals surface area contributed by atoms with Gasteiger partial charge in [0, 0.05) is 17.3 Å². The van der Waals surface area contributed by atoms with Crippen LogP contribution in [0.5, 0.6) is 11.5 Å². The molecular formula is C24H26N2O2. The maximum atomic E-state index is 10.4. The Morgan fingerprint density at radius 1 is 1.04 bits per heavy atom. The lowest BCUT2D eigenvalue weighted by Crippen LogP contribution is -2.28. The number of aliphatic imine (C=N–C) groups is 1. The molecule has 0 bridgehead atoms. The molecule has 4 rings (SSSR count). The van der Waals surface area contributed by atoms with Gasteiger partial charge in [-0.25, -0.2) is 0 Å². The quantitative estimate of drug-likeness (QED) is 0.630. The minimum atomic E-state index is 0.173. The van der Waals surface area contributed by atoms with E-state index in [2.05, 4.69) is 17.0 Å². The molecule has 144 valence electrons. The molecule has 1 N–H and O–H groups in total. The van der Waals surface area contributed by atoms with Gasteiger partial charge >= 0.3 is 0 Å². The van der Waals surface area contributed by atoms with E-state index < -0.39 is 0 Å². The van der Waals surface area contributed by atoms with Gasteiger partial charge in [-0.3, -0.25) is 9.89 Å². The third-order valence-corrected chi connectivity index (χ3v) is 5.53. The van der Waals surface area contributed by atoms with E-state index in [1.807, 2.05) is 48.7 Å². The molecule has 0 saturated carbocycles. The lowest BCUT2D eigenvalue weighted by molar-refractivity contribution is 0.246. The van der Waals surface area contributed by atoms with Crippen molar-refractivity contribution in [1.29, 1.82) is 0 Å². The fourth-order valence-corrected chi connectivity index (χ4v) is 4.07. The normalized spacial score (nSPS) is 16.0. The van der Waals surface area contributed by atoms with Gasteiger partial charge in [-0.2, -0.15) is 0 Å². The van der Waals surface area contributed by atoms with E-state index in [1.165, 1.54) is 18.4 Å². The van der Waals surface area contributed by atoms with Crippen LogP contribution < -0.4 is 4.74 Å². The van der Waals surface area contributed by atoms with Crippen LogP contribution in [-0.2, 0) is 0 Å². The van der Waals surface area contributed by atoms with Gasteiger partial charge in [-0.05, 0) is 48.8 Å². The van der Waals surface area contributed by atoms with E-state index in [0.29, 0.717) is 6.54 Å². The van der Waals surface area contributed by atoms with Gasteiger partial charge in [0.05, 0.1) is 19.7 Å². The molecule has 4 nitrogen and oxygen atoms in total.